The first-order valence-corrected chi connectivity index (χ1v) is 10.7. The van der Waals surface area contributed by atoms with Crippen LogP contribution >= 0.6 is 0 Å². The minimum atomic E-state index is 0.0326. The Bertz CT molecular complexity index is 294. The molecule has 0 aromatic heterocycles. The normalized spacial score (nSPS) is 11.4. The molecule has 20 heavy (non-hydrogen) atoms. The zero-order valence-electron chi connectivity index (χ0n) is 13.6. The van der Waals surface area contributed by atoms with Gasteiger partial charge in [0.1, 0.15) is 0 Å². The Labute approximate surface area is 129 Å². The average Bonchev–Trinajstić information content (AvgIpc) is 2.49. The molecule has 0 aliphatic carbocycles. The molecular weight excluding hydrogens is 256 g/mol. The van der Waals surface area contributed by atoms with Crippen LogP contribution in [-0.4, -0.2) is 9.52 Å². The van der Waals surface area contributed by atoms with Crippen LogP contribution in [0.3, 0.4) is 0 Å². The van der Waals surface area contributed by atoms with Gasteiger partial charge >= 0.3 is 0 Å². The first-order chi connectivity index (χ1) is 9.93. The molecule has 0 amide bonds. The number of rotatable bonds is 13. The molecule has 0 aliphatic heterocycles. The topological polar surface area (TPSA) is 0 Å². The quantitative estimate of drug-likeness (QED) is 0.345. The average molecular weight is 291 g/mol. The molecule has 0 saturated carbocycles. The minimum absolute atomic E-state index is 0.0326. The maximum Gasteiger partial charge on any atom is 0.0547 e. The van der Waals surface area contributed by atoms with Crippen LogP contribution < -0.4 is 5.19 Å². The minimum Gasteiger partial charge on any atom is -0.0669 e. The molecule has 0 bridgehead atoms. The van der Waals surface area contributed by atoms with Crippen molar-refractivity contribution in [2.45, 2.75) is 83.6 Å². The highest BCUT2D eigenvalue weighted by Crippen LogP contribution is 2.11. The lowest BCUT2D eigenvalue weighted by atomic mass is 10.1. The van der Waals surface area contributed by atoms with E-state index in [2.05, 4.69) is 37.3 Å². The molecule has 114 valence electrons. The van der Waals surface area contributed by atoms with E-state index in [0.29, 0.717) is 0 Å². The van der Waals surface area contributed by atoms with Crippen molar-refractivity contribution >= 4 is 14.7 Å². The third-order valence-electron chi connectivity index (χ3n) is 4.16. The molecule has 1 heteroatoms. The van der Waals surface area contributed by atoms with Gasteiger partial charge in [-0.3, -0.25) is 0 Å². The van der Waals surface area contributed by atoms with Gasteiger partial charge in [-0.25, -0.2) is 0 Å². The lowest BCUT2D eigenvalue weighted by molar-refractivity contribution is 0.554. The molecule has 0 unspecified atom stereocenters. The van der Waals surface area contributed by atoms with E-state index in [4.69, 9.17) is 0 Å². The maximum absolute atomic E-state index is 2.31. The van der Waals surface area contributed by atoms with Gasteiger partial charge in [-0.1, -0.05) is 119 Å². The summed E-state index contributed by atoms with van der Waals surface area (Å²) in [6, 6.07) is 12.6. The van der Waals surface area contributed by atoms with Crippen LogP contribution in [-0.2, 0) is 0 Å². The second-order valence-electron chi connectivity index (χ2n) is 6.12. The molecule has 0 spiro atoms. The molecule has 0 saturated heterocycles. The zero-order chi connectivity index (χ0) is 14.3. The van der Waals surface area contributed by atoms with Gasteiger partial charge in [-0.2, -0.15) is 0 Å². The van der Waals surface area contributed by atoms with Gasteiger partial charge in [-0.05, 0) is 0 Å². The molecule has 0 aliphatic rings. The molecule has 0 radical (unpaired) electrons. The molecule has 1 rings (SSSR count). The summed E-state index contributed by atoms with van der Waals surface area (Å²) in [7, 11) is 0.0326. The highest BCUT2D eigenvalue weighted by atomic mass is 28.2. The fraction of sp³-hybridized carbons (Fsp3) is 0.684. The molecule has 0 nitrogen and oxygen atoms in total. The highest BCUT2D eigenvalue weighted by Gasteiger charge is 1.95. The summed E-state index contributed by atoms with van der Waals surface area (Å²) in [6.07, 6.45) is 16.0. The van der Waals surface area contributed by atoms with Gasteiger partial charge in [0.05, 0.1) is 9.52 Å². The predicted molar refractivity (Wildman–Crippen MR) is 95.9 cm³/mol. The molecule has 0 atom stereocenters. The monoisotopic (exact) mass is 290 g/mol. The van der Waals surface area contributed by atoms with E-state index in [-0.39, 0.29) is 9.52 Å². The number of hydrogen-bond acceptors (Lipinski definition) is 0. The lowest BCUT2D eigenvalue weighted by Crippen LogP contribution is -2.12. The summed E-state index contributed by atoms with van der Waals surface area (Å²) in [6.45, 7) is 2.29. The smallest absolute Gasteiger partial charge is 0.0547 e. The van der Waals surface area contributed by atoms with E-state index >= 15 is 0 Å². The number of benzene rings is 1. The van der Waals surface area contributed by atoms with Crippen LogP contribution in [0.25, 0.3) is 0 Å². The fourth-order valence-electron chi connectivity index (χ4n) is 2.81. The van der Waals surface area contributed by atoms with E-state index in [0.717, 1.165) is 0 Å². The number of hydrogen-bond donors (Lipinski definition) is 0. The third-order valence-corrected chi connectivity index (χ3v) is 6.06. The van der Waals surface area contributed by atoms with E-state index < -0.39 is 0 Å². The molecule has 1 aromatic carbocycles. The van der Waals surface area contributed by atoms with Crippen molar-refractivity contribution in [1.82, 2.24) is 0 Å². The second kappa shape index (κ2) is 13.4. The van der Waals surface area contributed by atoms with Crippen molar-refractivity contribution < 1.29 is 0 Å². The first-order valence-electron chi connectivity index (χ1n) is 8.97. The van der Waals surface area contributed by atoms with E-state index in [1.165, 1.54) is 76.7 Å². The molecule has 0 N–H and O–H groups in total. The van der Waals surface area contributed by atoms with Crippen LogP contribution in [0.5, 0.6) is 0 Å². The Morgan fingerprint density at radius 2 is 1.15 bits per heavy atom. The summed E-state index contributed by atoms with van der Waals surface area (Å²) in [4.78, 5) is 0. The Hall–Kier alpha value is -0.563. The summed E-state index contributed by atoms with van der Waals surface area (Å²) < 4.78 is 0. The lowest BCUT2D eigenvalue weighted by Gasteiger charge is -2.03. The maximum atomic E-state index is 2.31. The molecular formula is C19H34Si. The molecule has 1 aromatic rings. The van der Waals surface area contributed by atoms with Crippen LogP contribution in [0.1, 0.15) is 77.6 Å². The highest BCUT2D eigenvalue weighted by molar-refractivity contribution is 6.53. The first kappa shape index (κ1) is 17.5. The van der Waals surface area contributed by atoms with Gasteiger partial charge in [0.15, 0.2) is 0 Å². The molecule has 0 fully saturated rings. The Kier molecular flexibility index (Phi) is 11.7. The third kappa shape index (κ3) is 10.3. The fourth-order valence-corrected chi connectivity index (χ4v) is 4.43. The Morgan fingerprint density at radius 3 is 1.70 bits per heavy atom. The summed E-state index contributed by atoms with van der Waals surface area (Å²) in [5.41, 5.74) is 0. The van der Waals surface area contributed by atoms with Crippen molar-refractivity contribution in [2.75, 3.05) is 0 Å². The summed E-state index contributed by atoms with van der Waals surface area (Å²) >= 11 is 0. The van der Waals surface area contributed by atoms with Crippen molar-refractivity contribution in [3.05, 3.63) is 30.3 Å². The SMILES string of the molecule is CCCCCCCCCCCCC[SiH2]c1ccccc1. The summed E-state index contributed by atoms with van der Waals surface area (Å²) in [5, 5.41) is 1.64. The largest absolute Gasteiger partial charge is 0.0669 e. The van der Waals surface area contributed by atoms with Crippen LogP contribution in [0.2, 0.25) is 6.04 Å². The van der Waals surface area contributed by atoms with Gasteiger partial charge in [0.2, 0.25) is 0 Å². The second-order valence-corrected chi connectivity index (χ2v) is 8.15. The standard InChI is InChI=1S/C19H34Si/c1-2-3-4-5-6-7-8-9-10-11-15-18-20-19-16-13-12-14-17-19/h12-14,16-17H,2-11,15,18,20H2,1H3. The summed E-state index contributed by atoms with van der Waals surface area (Å²) in [5.74, 6) is 0. The van der Waals surface area contributed by atoms with Crippen molar-refractivity contribution in [3.8, 4) is 0 Å². The van der Waals surface area contributed by atoms with E-state index in [1.807, 2.05) is 0 Å². The zero-order valence-corrected chi connectivity index (χ0v) is 15.0. The van der Waals surface area contributed by atoms with Crippen molar-refractivity contribution in [3.63, 3.8) is 0 Å². The van der Waals surface area contributed by atoms with Gasteiger partial charge in [0, 0.05) is 0 Å². The predicted octanol–water partition coefficient (Wildman–Crippen LogP) is 5.21. The Balaban J connectivity index is 1.77. The van der Waals surface area contributed by atoms with Gasteiger partial charge < -0.3 is 0 Å². The number of unbranched alkanes of at least 4 members (excludes halogenated alkanes) is 10. The van der Waals surface area contributed by atoms with Crippen LogP contribution in [0, 0.1) is 0 Å². The van der Waals surface area contributed by atoms with Crippen molar-refractivity contribution in [2.24, 2.45) is 0 Å². The van der Waals surface area contributed by atoms with Gasteiger partial charge in [-0.15, -0.1) is 0 Å². The van der Waals surface area contributed by atoms with E-state index in [1.54, 1.807) is 5.19 Å². The van der Waals surface area contributed by atoms with Crippen molar-refractivity contribution in [1.29, 1.82) is 0 Å². The van der Waals surface area contributed by atoms with Gasteiger partial charge in [0.25, 0.3) is 0 Å². The van der Waals surface area contributed by atoms with E-state index in [9.17, 15) is 0 Å². The molecule has 0 heterocycles. The Morgan fingerprint density at radius 1 is 0.650 bits per heavy atom. The van der Waals surface area contributed by atoms with Crippen LogP contribution in [0.15, 0.2) is 30.3 Å². The van der Waals surface area contributed by atoms with Crippen LogP contribution in [0.4, 0.5) is 0 Å².